The Hall–Kier alpha value is -1.03. The number of hydrogen-bond donors (Lipinski definition) is 0. The largest absolute Gasteiger partial charge is 0.230 e. The molecule has 0 atom stereocenters. The van der Waals surface area contributed by atoms with Crippen LogP contribution in [0.25, 0.3) is 10.2 Å². The second-order valence-electron chi connectivity index (χ2n) is 3.83. The molecule has 0 aliphatic rings. The van der Waals surface area contributed by atoms with E-state index in [4.69, 9.17) is 11.6 Å². The van der Waals surface area contributed by atoms with Crippen LogP contribution in [0.5, 0.6) is 0 Å². The third-order valence-corrected chi connectivity index (χ3v) is 5.18. The molecule has 0 saturated carbocycles. The summed E-state index contributed by atoms with van der Waals surface area (Å²) in [5, 5.41) is 0.825. The molecular weight excluding hydrogens is 282 g/mol. The van der Waals surface area contributed by atoms with Crippen LogP contribution in [0.2, 0.25) is 5.02 Å². The van der Waals surface area contributed by atoms with Crippen molar-refractivity contribution in [1.82, 2.24) is 4.98 Å². The van der Waals surface area contributed by atoms with Gasteiger partial charge in [0.05, 0.1) is 10.2 Å². The van der Waals surface area contributed by atoms with Crippen molar-refractivity contribution in [3.63, 3.8) is 0 Å². The van der Waals surface area contributed by atoms with Gasteiger partial charge >= 0.3 is 0 Å². The van der Waals surface area contributed by atoms with Crippen LogP contribution < -0.4 is 0 Å². The Kier molecular flexibility index (Phi) is 3.55. The summed E-state index contributed by atoms with van der Waals surface area (Å²) >= 11 is 9.61. The van der Waals surface area contributed by atoms with Crippen molar-refractivity contribution in [1.29, 1.82) is 0 Å². The fourth-order valence-electron chi connectivity index (χ4n) is 1.67. The number of thiazole rings is 1. The first-order valence-corrected chi connectivity index (χ1v) is 7.73. The maximum absolute atomic E-state index is 6.14. The van der Waals surface area contributed by atoms with E-state index in [2.05, 4.69) is 17.1 Å². The smallest absolute Gasteiger partial charge is 0.151 e. The molecule has 0 unspecified atom stereocenters. The van der Waals surface area contributed by atoms with Crippen molar-refractivity contribution in [3.8, 4) is 0 Å². The molecule has 90 valence electrons. The molecule has 0 spiro atoms. The summed E-state index contributed by atoms with van der Waals surface area (Å²) in [5.74, 6) is 0.861. The molecule has 0 radical (unpaired) electrons. The number of rotatable bonds is 3. The van der Waals surface area contributed by atoms with Crippen LogP contribution >= 0.6 is 34.7 Å². The molecule has 0 saturated heterocycles. The van der Waals surface area contributed by atoms with Crippen LogP contribution in [0.15, 0.2) is 52.9 Å². The highest BCUT2D eigenvalue weighted by atomic mass is 35.5. The van der Waals surface area contributed by atoms with Gasteiger partial charge in [0.25, 0.3) is 0 Å². The monoisotopic (exact) mass is 291 g/mol. The van der Waals surface area contributed by atoms with E-state index in [1.807, 2.05) is 36.4 Å². The standard InChI is InChI=1S/C14H10ClNS2/c15-11-6-2-1-5-10(11)9-17-14-16-12-7-3-4-8-13(12)18-14/h1-8H,9H2. The summed E-state index contributed by atoms with van der Waals surface area (Å²) < 4.78 is 2.33. The molecule has 3 aromatic rings. The Morgan fingerprint density at radius 3 is 2.67 bits per heavy atom. The average Bonchev–Trinajstić information content (AvgIpc) is 2.80. The molecule has 4 heteroatoms. The molecule has 1 aromatic heterocycles. The highest BCUT2D eigenvalue weighted by molar-refractivity contribution is 8.00. The van der Waals surface area contributed by atoms with Gasteiger partial charge in [-0.2, -0.15) is 0 Å². The van der Waals surface area contributed by atoms with Gasteiger partial charge in [0, 0.05) is 10.8 Å². The van der Waals surface area contributed by atoms with Gasteiger partial charge in [0.2, 0.25) is 0 Å². The molecule has 2 aromatic carbocycles. The number of benzene rings is 2. The third kappa shape index (κ3) is 2.53. The molecule has 0 fully saturated rings. The molecule has 18 heavy (non-hydrogen) atoms. The Bertz CT molecular complexity index is 645. The highest BCUT2D eigenvalue weighted by Crippen LogP contribution is 2.32. The zero-order valence-electron chi connectivity index (χ0n) is 9.47. The van der Waals surface area contributed by atoms with Crippen LogP contribution in [-0.2, 0) is 5.75 Å². The fraction of sp³-hybridized carbons (Fsp3) is 0.0714. The number of nitrogens with zero attached hydrogens (tertiary/aromatic N) is 1. The van der Waals surface area contributed by atoms with Crippen molar-refractivity contribution in [2.45, 2.75) is 10.1 Å². The van der Waals surface area contributed by atoms with Gasteiger partial charge in [-0.15, -0.1) is 11.3 Å². The molecule has 0 aliphatic carbocycles. The summed E-state index contributed by atoms with van der Waals surface area (Å²) in [7, 11) is 0. The van der Waals surface area contributed by atoms with E-state index < -0.39 is 0 Å². The molecule has 1 heterocycles. The molecule has 3 rings (SSSR count). The van der Waals surface area contributed by atoms with Gasteiger partial charge in [-0.25, -0.2) is 4.98 Å². The normalized spacial score (nSPS) is 10.9. The Morgan fingerprint density at radius 2 is 1.83 bits per heavy atom. The summed E-state index contributed by atoms with van der Waals surface area (Å²) in [6.45, 7) is 0. The van der Waals surface area contributed by atoms with E-state index in [0.717, 1.165) is 26.2 Å². The molecule has 1 nitrogen and oxygen atoms in total. The molecule has 0 aliphatic heterocycles. The second kappa shape index (κ2) is 5.31. The topological polar surface area (TPSA) is 12.9 Å². The van der Waals surface area contributed by atoms with Crippen LogP contribution in [0.4, 0.5) is 0 Å². The van der Waals surface area contributed by atoms with Crippen molar-refractivity contribution in [2.24, 2.45) is 0 Å². The third-order valence-electron chi connectivity index (χ3n) is 2.58. The molecular formula is C14H10ClNS2. The van der Waals surface area contributed by atoms with Gasteiger partial charge in [0.15, 0.2) is 4.34 Å². The fourth-order valence-corrected chi connectivity index (χ4v) is 4.02. The lowest BCUT2D eigenvalue weighted by atomic mass is 10.2. The molecule has 0 amide bonds. The second-order valence-corrected chi connectivity index (χ2v) is 6.49. The number of fused-ring (bicyclic) bond motifs is 1. The lowest BCUT2D eigenvalue weighted by Gasteiger charge is -2.00. The summed E-state index contributed by atoms with van der Waals surface area (Å²) in [6, 6.07) is 16.2. The van der Waals surface area contributed by atoms with Crippen LogP contribution in [-0.4, -0.2) is 4.98 Å². The molecule has 0 N–H and O–H groups in total. The van der Waals surface area contributed by atoms with Crippen LogP contribution in [0.1, 0.15) is 5.56 Å². The van der Waals surface area contributed by atoms with E-state index in [9.17, 15) is 0 Å². The number of halogens is 1. The summed E-state index contributed by atoms with van der Waals surface area (Å²) in [5.41, 5.74) is 2.23. The first-order chi connectivity index (χ1) is 8.83. The number of thioether (sulfide) groups is 1. The lowest BCUT2D eigenvalue weighted by Crippen LogP contribution is -1.81. The van der Waals surface area contributed by atoms with Gasteiger partial charge in [-0.3, -0.25) is 0 Å². The van der Waals surface area contributed by atoms with Crippen molar-refractivity contribution >= 4 is 44.9 Å². The Balaban J connectivity index is 1.79. The van der Waals surface area contributed by atoms with Crippen LogP contribution in [0.3, 0.4) is 0 Å². The van der Waals surface area contributed by atoms with E-state index in [-0.39, 0.29) is 0 Å². The van der Waals surface area contributed by atoms with Crippen molar-refractivity contribution in [2.75, 3.05) is 0 Å². The zero-order valence-corrected chi connectivity index (χ0v) is 11.9. The lowest BCUT2D eigenvalue weighted by molar-refractivity contribution is 1.29. The minimum atomic E-state index is 0.825. The Labute approximate surface area is 119 Å². The predicted molar refractivity (Wildman–Crippen MR) is 80.6 cm³/mol. The maximum Gasteiger partial charge on any atom is 0.151 e. The number of aromatic nitrogens is 1. The average molecular weight is 292 g/mol. The van der Waals surface area contributed by atoms with E-state index in [1.165, 1.54) is 4.70 Å². The van der Waals surface area contributed by atoms with E-state index in [1.54, 1.807) is 23.1 Å². The highest BCUT2D eigenvalue weighted by Gasteiger charge is 2.05. The van der Waals surface area contributed by atoms with Gasteiger partial charge in [-0.05, 0) is 23.8 Å². The number of hydrogen-bond acceptors (Lipinski definition) is 3. The molecule has 0 bridgehead atoms. The number of para-hydroxylation sites is 1. The zero-order chi connectivity index (χ0) is 12.4. The van der Waals surface area contributed by atoms with Gasteiger partial charge in [-0.1, -0.05) is 53.7 Å². The predicted octanol–water partition coefficient (Wildman–Crippen LogP) is 5.24. The SMILES string of the molecule is Clc1ccccc1CSc1nc2ccccc2s1. The minimum absolute atomic E-state index is 0.825. The first kappa shape index (κ1) is 12.0. The summed E-state index contributed by atoms with van der Waals surface area (Å²) in [4.78, 5) is 4.60. The van der Waals surface area contributed by atoms with Crippen molar-refractivity contribution < 1.29 is 0 Å². The van der Waals surface area contributed by atoms with E-state index >= 15 is 0 Å². The van der Waals surface area contributed by atoms with Crippen molar-refractivity contribution in [3.05, 3.63) is 59.1 Å². The van der Waals surface area contributed by atoms with E-state index in [0.29, 0.717) is 0 Å². The maximum atomic E-state index is 6.14. The van der Waals surface area contributed by atoms with Crippen LogP contribution in [0, 0.1) is 0 Å². The Morgan fingerprint density at radius 1 is 1.06 bits per heavy atom. The quantitative estimate of drug-likeness (QED) is 0.612. The first-order valence-electron chi connectivity index (χ1n) is 5.55. The van der Waals surface area contributed by atoms with Gasteiger partial charge < -0.3 is 0 Å². The minimum Gasteiger partial charge on any atom is -0.230 e. The van der Waals surface area contributed by atoms with Gasteiger partial charge in [0.1, 0.15) is 0 Å². The summed E-state index contributed by atoms with van der Waals surface area (Å²) in [6.07, 6.45) is 0.